The van der Waals surface area contributed by atoms with Crippen LogP contribution in [0.3, 0.4) is 0 Å². The first kappa shape index (κ1) is 22.9. The third-order valence-corrected chi connectivity index (χ3v) is 4.38. The van der Waals surface area contributed by atoms with Gasteiger partial charge in [0, 0.05) is 35.6 Å². The Bertz CT molecular complexity index is 833. The van der Waals surface area contributed by atoms with Crippen LogP contribution in [0.2, 0.25) is 0 Å². The van der Waals surface area contributed by atoms with Crippen molar-refractivity contribution in [3.05, 3.63) is 59.7 Å². The van der Waals surface area contributed by atoms with Crippen molar-refractivity contribution < 1.29 is 14.4 Å². The van der Waals surface area contributed by atoms with Gasteiger partial charge in [0.2, 0.25) is 5.91 Å². The molecule has 0 aliphatic heterocycles. The number of anilines is 2. The fourth-order valence-electron chi connectivity index (χ4n) is 2.65. The van der Waals surface area contributed by atoms with Gasteiger partial charge in [-0.3, -0.25) is 14.4 Å². The quantitative estimate of drug-likeness (QED) is 0.427. The van der Waals surface area contributed by atoms with Crippen LogP contribution in [0.5, 0.6) is 0 Å². The number of carbonyl (C=O) groups excluding carboxylic acids is 3. The molecule has 3 amide bonds. The molecule has 0 aliphatic carbocycles. The summed E-state index contributed by atoms with van der Waals surface area (Å²) in [6, 6.07) is 13.7. The summed E-state index contributed by atoms with van der Waals surface area (Å²) in [5.74, 6) is -0.432. The van der Waals surface area contributed by atoms with Gasteiger partial charge >= 0.3 is 0 Å². The molecule has 160 valence electrons. The Kier molecular flexibility index (Phi) is 9.37. The predicted octanol–water partition coefficient (Wildman–Crippen LogP) is 3.41. The minimum atomic E-state index is -0.208. The first-order chi connectivity index (χ1) is 14.5. The van der Waals surface area contributed by atoms with Crippen LogP contribution < -0.4 is 21.3 Å². The molecule has 0 spiro atoms. The highest BCUT2D eigenvalue weighted by molar-refractivity contribution is 5.97. The van der Waals surface area contributed by atoms with Crippen molar-refractivity contribution in [3.8, 4) is 0 Å². The van der Waals surface area contributed by atoms with E-state index in [-0.39, 0.29) is 24.3 Å². The second kappa shape index (κ2) is 12.3. The van der Waals surface area contributed by atoms with Crippen molar-refractivity contribution >= 4 is 29.1 Å². The number of carbonyl (C=O) groups is 3. The number of unbranched alkanes of at least 4 members (excludes halogenated alkanes) is 1. The van der Waals surface area contributed by atoms with Gasteiger partial charge in [-0.2, -0.15) is 0 Å². The first-order valence-electron chi connectivity index (χ1n) is 10.3. The average Bonchev–Trinajstić information content (AvgIpc) is 2.77. The number of benzene rings is 2. The molecule has 0 atom stereocenters. The van der Waals surface area contributed by atoms with Gasteiger partial charge in [0.15, 0.2) is 0 Å². The van der Waals surface area contributed by atoms with Crippen LogP contribution in [0, 0.1) is 0 Å². The molecule has 0 unspecified atom stereocenters. The van der Waals surface area contributed by atoms with Gasteiger partial charge < -0.3 is 21.3 Å². The van der Waals surface area contributed by atoms with Crippen molar-refractivity contribution in [1.82, 2.24) is 10.6 Å². The highest BCUT2D eigenvalue weighted by Gasteiger charge is 2.07. The molecule has 2 aromatic carbocycles. The molecule has 0 heterocycles. The van der Waals surface area contributed by atoms with Crippen LogP contribution in [0.15, 0.2) is 48.5 Å². The standard InChI is InChI=1S/C23H30N4O3/c1-3-5-15-25-23(30)18-8-12-20(13-9-18)27-21(28)16-26-19-10-6-17(7-11-19)22(29)24-14-4-2/h6-13,26H,3-5,14-16H2,1-2H3,(H,24,29)(H,25,30)(H,27,28). The normalized spacial score (nSPS) is 10.2. The maximum atomic E-state index is 12.2. The summed E-state index contributed by atoms with van der Waals surface area (Å²) >= 11 is 0. The zero-order valence-corrected chi connectivity index (χ0v) is 17.6. The van der Waals surface area contributed by atoms with E-state index in [0.29, 0.717) is 29.9 Å². The molecule has 30 heavy (non-hydrogen) atoms. The zero-order valence-electron chi connectivity index (χ0n) is 17.6. The Balaban J connectivity index is 1.79. The molecule has 0 radical (unpaired) electrons. The molecule has 0 aliphatic rings. The first-order valence-corrected chi connectivity index (χ1v) is 10.3. The topological polar surface area (TPSA) is 99.3 Å². The Morgan fingerprint density at radius 1 is 0.700 bits per heavy atom. The lowest BCUT2D eigenvalue weighted by Gasteiger charge is -2.10. The summed E-state index contributed by atoms with van der Waals surface area (Å²) in [7, 11) is 0. The smallest absolute Gasteiger partial charge is 0.251 e. The van der Waals surface area contributed by atoms with Crippen LogP contribution in [-0.2, 0) is 4.79 Å². The van der Waals surface area contributed by atoms with Crippen LogP contribution in [0.1, 0.15) is 53.8 Å². The highest BCUT2D eigenvalue weighted by Crippen LogP contribution is 2.11. The molecule has 0 fully saturated rings. The number of rotatable bonds is 11. The summed E-state index contributed by atoms with van der Waals surface area (Å²) in [5, 5.41) is 11.5. The molecule has 2 aromatic rings. The second-order valence-electron chi connectivity index (χ2n) is 6.92. The van der Waals surface area contributed by atoms with E-state index in [1.165, 1.54) is 0 Å². The maximum Gasteiger partial charge on any atom is 0.251 e. The van der Waals surface area contributed by atoms with Crippen LogP contribution in [0.25, 0.3) is 0 Å². The van der Waals surface area contributed by atoms with E-state index >= 15 is 0 Å². The molecular weight excluding hydrogens is 380 g/mol. The summed E-state index contributed by atoms with van der Waals surface area (Å²) in [6.45, 7) is 5.45. The fourth-order valence-corrected chi connectivity index (χ4v) is 2.65. The van der Waals surface area contributed by atoms with Gasteiger partial charge in [0.05, 0.1) is 6.54 Å². The van der Waals surface area contributed by atoms with Crippen LogP contribution in [-0.4, -0.2) is 37.4 Å². The summed E-state index contributed by atoms with van der Waals surface area (Å²) in [5.41, 5.74) is 2.51. The van der Waals surface area contributed by atoms with Gasteiger partial charge in [0.25, 0.3) is 11.8 Å². The largest absolute Gasteiger partial charge is 0.376 e. The Morgan fingerprint density at radius 3 is 1.77 bits per heavy atom. The fraction of sp³-hybridized carbons (Fsp3) is 0.348. The van der Waals surface area contributed by atoms with E-state index in [1.54, 1.807) is 48.5 Å². The lowest BCUT2D eigenvalue weighted by Crippen LogP contribution is -2.24. The minimum absolute atomic E-state index is 0.0840. The van der Waals surface area contributed by atoms with Crippen molar-refractivity contribution in [2.75, 3.05) is 30.3 Å². The van der Waals surface area contributed by atoms with E-state index in [9.17, 15) is 14.4 Å². The van der Waals surface area contributed by atoms with Gasteiger partial charge in [-0.15, -0.1) is 0 Å². The number of hydrogen-bond acceptors (Lipinski definition) is 4. The summed E-state index contributed by atoms with van der Waals surface area (Å²) in [4.78, 5) is 36.0. The molecule has 7 heteroatoms. The van der Waals surface area contributed by atoms with E-state index in [1.807, 2.05) is 6.92 Å². The van der Waals surface area contributed by atoms with Gasteiger partial charge in [-0.25, -0.2) is 0 Å². The molecule has 7 nitrogen and oxygen atoms in total. The Morgan fingerprint density at radius 2 is 1.23 bits per heavy atom. The molecular formula is C23H30N4O3. The highest BCUT2D eigenvalue weighted by atomic mass is 16.2. The van der Waals surface area contributed by atoms with Gasteiger partial charge in [-0.05, 0) is 61.4 Å². The van der Waals surface area contributed by atoms with E-state index < -0.39 is 0 Å². The van der Waals surface area contributed by atoms with E-state index in [2.05, 4.69) is 28.2 Å². The Hall–Kier alpha value is -3.35. The average molecular weight is 411 g/mol. The maximum absolute atomic E-state index is 12.2. The molecule has 0 saturated carbocycles. The molecule has 0 aromatic heterocycles. The minimum Gasteiger partial charge on any atom is -0.376 e. The molecule has 0 saturated heterocycles. The van der Waals surface area contributed by atoms with Crippen molar-refractivity contribution in [3.63, 3.8) is 0 Å². The SMILES string of the molecule is CCCCNC(=O)c1ccc(NC(=O)CNc2ccc(C(=O)NCCC)cc2)cc1. The second-order valence-corrected chi connectivity index (χ2v) is 6.92. The predicted molar refractivity (Wildman–Crippen MR) is 120 cm³/mol. The van der Waals surface area contributed by atoms with Crippen LogP contribution >= 0.6 is 0 Å². The lowest BCUT2D eigenvalue weighted by molar-refractivity contribution is -0.114. The monoisotopic (exact) mass is 410 g/mol. The third kappa shape index (κ3) is 7.58. The summed E-state index contributed by atoms with van der Waals surface area (Å²) < 4.78 is 0. The molecule has 2 rings (SSSR count). The van der Waals surface area contributed by atoms with Crippen molar-refractivity contribution in [1.29, 1.82) is 0 Å². The van der Waals surface area contributed by atoms with Crippen molar-refractivity contribution in [2.45, 2.75) is 33.1 Å². The number of amides is 3. The molecule has 4 N–H and O–H groups in total. The zero-order chi connectivity index (χ0) is 21.8. The number of hydrogen-bond donors (Lipinski definition) is 4. The molecule has 0 bridgehead atoms. The van der Waals surface area contributed by atoms with Crippen LogP contribution in [0.4, 0.5) is 11.4 Å². The number of nitrogens with one attached hydrogen (secondary N) is 4. The van der Waals surface area contributed by atoms with Gasteiger partial charge in [0.1, 0.15) is 0 Å². The van der Waals surface area contributed by atoms with E-state index in [0.717, 1.165) is 24.9 Å². The summed E-state index contributed by atoms with van der Waals surface area (Å²) in [6.07, 6.45) is 2.86. The lowest BCUT2D eigenvalue weighted by atomic mass is 10.2. The van der Waals surface area contributed by atoms with Crippen molar-refractivity contribution in [2.24, 2.45) is 0 Å². The Labute approximate surface area is 177 Å². The van der Waals surface area contributed by atoms with Gasteiger partial charge in [-0.1, -0.05) is 20.3 Å². The van der Waals surface area contributed by atoms with E-state index in [4.69, 9.17) is 0 Å². The third-order valence-electron chi connectivity index (χ3n) is 4.38.